The van der Waals surface area contributed by atoms with Crippen molar-refractivity contribution in [1.29, 1.82) is 0 Å². The SMILES string of the molecule is CC(=O)N1CCC(Nc2ccc3c(c2)C(=O)N(CC(C)CN2CCc4ccccc4C2)CCO3)CC1. The summed E-state index contributed by atoms with van der Waals surface area (Å²) in [5.41, 5.74) is 4.47. The summed E-state index contributed by atoms with van der Waals surface area (Å²) in [5, 5.41) is 3.58. The van der Waals surface area contributed by atoms with Crippen molar-refractivity contribution in [3.63, 3.8) is 0 Å². The zero-order valence-corrected chi connectivity index (χ0v) is 21.5. The Balaban J connectivity index is 1.19. The highest BCUT2D eigenvalue weighted by Crippen LogP contribution is 2.28. The highest BCUT2D eigenvalue weighted by Gasteiger charge is 2.27. The molecule has 1 atom stereocenters. The van der Waals surface area contributed by atoms with Gasteiger partial charge in [-0.05, 0) is 54.5 Å². The molecule has 0 bridgehead atoms. The van der Waals surface area contributed by atoms with Gasteiger partial charge in [-0.1, -0.05) is 31.2 Å². The van der Waals surface area contributed by atoms with Crippen LogP contribution in [0.25, 0.3) is 0 Å². The molecule has 7 heteroatoms. The molecule has 1 N–H and O–H groups in total. The van der Waals surface area contributed by atoms with Crippen molar-refractivity contribution in [3.05, 3.63) is 59.2 Å². The highest BCUT2D eigenvalue weighted by atomic mass is 16.5. The average molecular weight is 491 g/mol. The normalized spacial score (nSPS) is 19.7. The van der Waals surface area contributed by atoms with Crippen LogP contribution >= 0.6 is 0 Å². The van der Waals surface area contributed by atoms with Crippen LogP contribution in [0.4, 0.5) is 5.69 Å². The highest BCUT2D eigenvalue weighted by molar-refractivity contribution is 5.98. The molecule has 3 aliphatic rings. The second-order valence-corrected chi connectivity index (χ2v) is 10.6. The molecule has 5 rings (SSSR count). The van der Waals surface area contributed by atoms with E-state index < -0.39 is 0 Å². The van der Waals surface area contributed by atoms with Gasteiger partial charge in [-0.2, -0.15) is 0 Å². The number of piperidine rings is 1. The van der Waals surface area contributed by atoms with Gasteiger partial charge in [-0.25, -0.2) is 0 Å². The minimum atomic E-state index is 0.0494. The maximum Gasteiger partial charge on any atom is 0.257 e. The van der Waals surface area contributed by atoms with E-state index in [0.717, 1.165) is 64.2 Å². The molecule has 0 radical (unpaired) electrons. The molecule has 3 aliphatic heterocycles. The molecule has 0 saturated carbocycles. The standard InChI is InChI=1S/C29H38N4O3/c1-21(18-31-12-9-23-5-3-4-6-24(23)20-31)19-33-15-16-36-28-8-7-26(17-27(28)29(33)35)30-25-10-13-32(14-11-25)22(2)34/h3-8,17,21,25,30H,9-16,18-20H2,1-2H3. The molecule has 2 aromatic carbocycles. The van der Waals surface area contributed by atoms with Gasteiger partial charge >= 0.3 is 0 Å². The molecule has 36 heavy (non-hydrogen) atoms. The number of carbonyl (C=O) groups excluding carboxylic acids is 2. The fourth-order valence-corrected chi connectivity index (χ4v) is 5.78. The number of anilines is 1. The quantitative estimate of drug-likeness (QED) is 0.670. The van der Waals surface area contributed by atoms with Crippen molar-refractivity contribution in [1.82, 2.24) is 14.7 Å². The van der Waals surface area contributed by atoms with E-state index in [4.69, 9.17) is 4.74 Å². The van der Waals surface area contributed by atoms with Crippen molar-refractivity contribution < 1.29 is 14.3 Å². The summed E-state index contributed by atoms with van der Waals surface area (Å²) in [5.74, 6) is 1.22. The first-order chi connectivity index (χ1) is 17.5. The molecule has 0 aromatic heterocycles. The van der Waals surface area contributed by atoms with Gasteiger partial charge in [-0.15, -0.1) is 0 Å². The first kappa shape index (κ1) is 24.6. The van der Waals surface area contributed by atoms with Crippen LogP contribution in [0, 0.1) is 5.92 Å². The van der Waals surface area contributed by atoms with E-state index in [0.29, 0.717) is 36.4 Å². The summed E-state index contributed by atoms with van der Waals surface area (Å²) < 4.78 is 5.96. The Kier molecular flexibility index (Phi) is 7.46. The number of amides is 2. The number of likely N-dealkylation sites (tertiary alicyclic amines) is 1. The lowest BCUT2D eigenvalue weighted by Crippen LogP contribution is -2.41. The lowest BCUT2D eigenvalue weighted by Gasteiger charge is -2.33. The van der Waals surface area contributed by atoms with Gasteiger partial charge in [0.1, 0.15) is 12.4 Å². The molecule has 1 unspecified atom stereocenters. The summed E-state index contributed by atoms with van der Waals surface area (Å²) in [6, 6.07) is 14.9. The number of carbonyl (C=O) groups is 2. The third-order valence-electron chi connectivity index (χ3n) is 7.74. The van der Waals surface area contributed by atoms with E-state index >= 15 is 0 Å². The molecular weight excluding hydrogens is 452 g/mol. The van der Waals surface area contributed by atoms with Crippen molar-refractivity contribution in [3.8, 4) is 5.75 Å². The Morgan fingerprint density at radius 3 is 2.61 bits per heavy atom. The molecule has 1 fully saturated rings. The second kappa shape index (κ2) is 10.9. The van der Waals surface area contributed by atoms with Crippen LogP contribution in [0.3, 0.4) is 0 Å². The van der Waals surface area contributed by atoms with Crippen LogP contribution in [0.1, 0.15) is 48.2 Å². The molecular formula is C29H38N4O3. The topological polar surface area (TPSA) is 65.1 Å². The number of hydrogen-bond acceptors (Lipinski definition) is 5. The minimum Gasteiger partial charge on any atom is -0.491 e. The van der Waals surface area contributed by atoms with Gasteiger partial charge in [-0.3, -0.25) is 14.5 Å². The van der Waals surface area contributed by atoms with Crippen molar-refractivity contribution >= 4 is 17.5 Å². The first-order valence-electron chi connectivity index (χ1n) is 13.3. The summed E-state index contributed by atoms with van der Waals surface area (Å²) in [4.78, 5) is 31.5. The van der Waals surface area contributed by atoms with Crippen LogP contribution in [-0.4, -0.2) is 78.4 Å². The monoisotopic (exact) mass is 490 g/mol. The molecule has 2 aromatic rings. The van der Waals surface area contributed by atoms with Gasteiger partial charge in [0.2, 0.25) is 5.91 Å². The first-order valence-corrected chi connectivity index (χ1v) is 13.3. The predicted molar refractivity (Wildman–Crippen MR) is 141 cm³/mol. The molecule has 0 aliphatic carbocycles. The smallest absolute Gasteiger partial charge is 0.257 e. The predicted octanol–water partition coefficient (Wildman–Crippen LogP) is 3.64. The zero-order chi connectivity index (χ0) is 25.1. The number of hydrogen-bond donors (Lipinski definition) is 1. The van der Waals surface area contributed by atoms with E-state index in [1.807, 2.05) is 28.0 Å². The van der Waals surface area contributed by atoms with Gasteiger partial charge in [0, 0.05) is 57.9 Å². The summed E-state index contributed by atoms with van der Waals surface area (Å²) in [7, 11) is 0. The van der Waals surface area contributed by atoms with E-state index in [1.54, 1.807) is 6.92 Å². The zero-order valence-electron chi connectivity index (χ0n) is 21.5. The van der Waals surface area contributed by atoms with E-state index in [1.165, 1.54) is 11.1 Å². The van der Waals surface area contributed by atoms with Gasteiger partial charge in [0.15, 0.2) is 0 Å². The molecule has 7 nitrogen and oxygen atoms in total. The van der Waals surface area contributed by atoms with Crippen LogP contribution in [-0.2, 0) is 17.8 Å². The maximum absolute atomic E-state index is 13.6. The van der Waals surface area contributed by atoms with Crippen molar-refractivity contribution in [2.45, 2.75) is 45.7 Å². The number of rotatable bonds is 6. The average Bonchev–Trinajstić information content (AvgIpc) is 3.03. The number of ether oxygens (including phenoxy) is 1. The Morgan fingerprint density at radius 2 is 1.83 bits per heavy atom. The Morgan fingerprint density at radius 1 is 1.06 bits per heavy atom. The van der Waals surface area contributed by atoms with Gasteiger partial charge in [0.05, 0.1) is 12.1 Å². The van der Waals surface area contributed by atoms with Crippen LogP contribution in [0.5, 0.6) is 5.75 Å². The van der Waals surface area contributed by atoms with Gasteiger partial charge < -0.3 is 19.9 Å². The van der Waals surface area contributed by atoms with Crippen LogP contribution < -0.4 is 10.1 Å². The molecule has 3 heterocycles. The maximum atomic E-state index is 13.6. The molecule has 0 spiro atoms. The minimum absolute atomic E-state index is 0.0494. The number of nitrogens with one attached hydrogen (secondary N) is 1. The van der Waals surface area contributed by atoms with Gasteiger partial charge in [0.25, 0.3) is 5.91 Å². The summed E-state index contributed by atoms with van der Waals surface area (Å²) in [6.07, 6.45) is 2.91. The number of benzene rings is 2. The number of fused-ring (bicyclic) bond motifs is 2. The van der Waals surface area contributed by atoms with Crippen LogP contribution in [0.15, 0.2) is 42.5 Å². The lowest BCUT2D eigenvalue weighted by molar-refractivity contribution is -0.129. The van der Waals surface area contributed by atoms with Crippen molar-refractivity contribution in [2.24, 2.45) is 5.92 Å². The largest absolute Gasteiger partial charge is 0.491 e. The third-order valence-corrected chi connectivity index (χ3v) is 7.74. The summed E-state index contributed by atoms with van der Waals surface area (Å²) in [6.45, 7) is 10.3. The second-order valence-electron chi connectivity index (χ2n) is 10.6. The molecule has 1 saturated heterocycles. The molecule has 192 valence electrons. The Labute approximate surface area is 214 Å². The van der Waals surface area contributed by atoms with Crippen molar-refractivity contribution in [2.75, 3.05) is 51.2 Å². The molecule has 2 amide bonds. The van der Waals surface area contributed by atoms with E-state index in [-0.39, 0.29) is 11.8 Å². The Hall–Kier alpha value is -3.06. The Bertz CT molecular complexity index is 1100. The number of nitrogens with zero attached hydrogens (tertiary/aromatic N) is 3. The lowest BCUT2D eigenvalue weighted by atomic mass is 9.99. The van der Waals surface area contributed by atoms with Crippen LogP contribution in [0.2, 0.25) is 0 Å². The fraction of sp³-hybridized carbons (Fsp3) is 0.517. The third kappa shape index (κ3) is 5.67. The van der Waals surface area contributed by atoms with E-state index in [2.05, 4.69) is 41.4 Å². The summed E-state index contributed by atoms with van der Waals surface area (Å²) >= 11 is 0. The fourth-order valence-electron chi connectivity index (χ4n) is 5.78. The van der Waals surface area contributed by atoms with E-state index in [9.17, 15) is 9.59 Å².